The summed E-state index contributed by atoms with van der Waals surface area (Å²) in [6.45, 7) is 8.13. The molecule has 0 unspecified atom stereocenters. The quantitative estimate of drug-likeness (QED) is 0.862. The third-order valence-electron chi connectivity index (χ3n) is 2.49. The Balaban J connectivity index is 2.54. The summed E-state index contributed by atoms with van der Waals surface area (Å²) in [6, 6.07) is 5.93. The van der Waals surface area contributed by atoms with E-state index in [4.69, 9.17) is 16.3 Å². The van der Waals surface area contributed by atoms with E-state index in [1.807, 2.05) is 25.2 Å². The summed E-state index contributed by atoms with van der Waals surface area (Å²) in [6.07, 6.45) is 1.02. The molecule has 0 aliphatic carbocycles. The van der Waals surface area contributed by atoms with Crippen molar-refractivity contribution < 1.29 is 4.74 Å². The fourth-order valence-corrected chi connectivity index (χ4v) is 1.70. The van der Waals surface area contributed by atoms with Crippen LogP contribution in [0.15, 0.2) is 18.2 Å². The molecule has 1 aromatic carbocycles. The van der Waals surface area contributed by atoms with E-state index >= 15 is 0 Å². The van der Waals surface area contributed by atoms with Crippen molar-refractivity contribution in [1.82, 2.24) is 5.32 Å². The van der Waals surface area contributed by atoms with Crippen LogP contribution in [0.3, 0.4) is 0 Å². The first-order valence-electron chi connectivity index (χ1n) is 5.98. The van der Waals surface area contributed by atoms with Gasteiger partial charge in [-0.3, -0.25) is 0 Å². The molecule has 2 nitrogen and oxygen atoms in total. The molecule has 0 aliphatic heterocycles. The molecule has 0 radical (unpaired) electrons. The summed E-state index contributed by atoms with van der Waals surface area (Å²) >= 11 is 6.16. The second-order valence-corrected chi connectivity index (χ2v) is 5.86. The number of rotatable bonds is 5. The molecule has 0 aliphatic rings. The Labute approximate surface area is 109 Å². The van der Waals surface area contributed by atoms with E-state index in [0.29, 0.717) is 17.0 Å². The maximum Gasteiger partial charge on any atom is 0.137 e. The lowest BCUT2D eigenvalue weighted by molar-refractivity contribution is 0.243. The Bertz CT molecular complexity index is 358. The topological polar surface area (TPSA) is 21.3 Å². The lowest BCUT2D eigenvalue weighted by atomic mass is 9.93. The van der Waals surface area contributed by atoms with Crippen LogP contribution in [0.2, 0.25) is 5.02 Å². The molecule has 1 N–H and O–H groups in total. The lowest BCUT2D eigenvalue weighted by Gasteiger charge is -2.18. The molecular formula is C14H22ClNO. The van der Waals surface area contributed by atoms with Crippen LogP contribution in [0.4, 0.5) is 0 Å². The van der Waals surface area contributed by atoms with Gasteiger partial charge in [0.25, 0.3) is 0 Å². The maximum atomic E-state index is 6.16. The van der Waals surface area contributed by atoms with Gasteiger partial charge in [0, 0.05) is 6.54 Å². The highest BCUT2D eigenvalue weighted by molar-refractivity contribution is 6.32. The Morgan fingerprint density at radius 3 is 2.53 bits per heavy atom. The van der Waals surface area contributed by atoms with Crippen molar-refractivity contribution in [3.8, 4) is 5.75 Å². The molecule has 96 valence electrons. The van der Waals surface area contributed by atoms with Crippen molar-refractivity contribution in [3.63, 3.8) is 0 Å². The molecule has 0 heterocycles. The summed E-state index contributed by atoms with van der Waals surface area (Å²) in [5.41, 5.74) is 1.46. The van der Waals surface area contributed by atoms with Gasteiger partial charge in [-0.05, 0) is 36.6 Å². The zero-order chi connectivity index (χ0) is 12.9. The summed E-state index contributed by atoms with van der Waals surface area (Å²) in [4.78, 5) is 0. The fraction of sp³-hybridized carbons (Fsp3) is 0.571. The van der Waals surface area contributed by atoms with E-state index in [9.17, 15) is 0 Å². The molecule has 17 heavy (non-hydrogen) atoms. The number of nitrogens with one attached hydrogen (secondary N) is 1. The smallest absolute Gasteiger partial charge is 0.137 e. The van der Waals surface area contributed by atoms with Crippen LogP contribution >= 0.6 is 11.6 Å². The van der Waals surface area contributed by atoms with Gasteiger partial charge in [-0.1, -0.05) is 38.4 Å². The van der Waals surface area contributed by atoms with Crippen LogP contribution in [-0.2, 0) is 6.54 Å². The van der Waals surface area contributed by atoms with Crippen molar-refractivity contribution in [2.75, 3.05) is 13.7 Å². The van der Waals surface area contributed by atoms with Crippen molar-refractivity contribution >= 4 is 11.6 Å². The van der Waals surface area contributed by atoms with Gasteiger partial charge < -0.3 is 10.1 Å². The molecule has 0 aromatic heterocycles. The molecule has 0 spiro atoms. The van der Waals surface area contributed by atoms with Crippen molar-refractivity contribution in [2.24, 2.45) is 5.41 Å². The van der Waals surface area contributed by atoms with Gasteiger partial charge >= 0.3 is 0 Å². The van der Waals surface area contributed by atoms with Crippen molar-refractivity contribution in [3.05, 3.63) is 28.8 Å². The first kappa shape index (κ1) is 14.3. The summed E-state index contributed by atoms with van der Waals surface area (Å²) in [7, 11) is 1.92. The zero-order valence-electron chi connectivity index (χ0n) is 11.1. The lowest BCUT2D eigenvalue weighted by Crippen LogP contribution is -2.11. The third kappa shape index (κ3) is 5.42. The Kier molecular flexibility index (Phi) is 5.29. The maximum absolute atomic E-state index is 6.16. The number of benzene rings is 1. The minimum Gasteiger partial charge on any atom is -0.492 e. The minimum absolute atomic E-state index is 0.290. The highest BCUT2D eigenvalue weighted by Gasteiger charge is 2.10. The molecule has 0 atom stereocenters. The number of hydrogen-bond donors (Lipinski definition) is 1. The number of ether oxygens (including phenoxy) is 1. The van der Waals surface area contributed by atoms with E-state index < -0.39 is 0 Å². The number of hydrogen-bond acceptors (Lipinski definition) is 2. The van der Waals surface area contributed by atoms with Crippen LogP contribution < -0.4 is 10.1 Å². The molecular weight excluding hydrogens is 234 g/mol. The summed E-state index contributed by atoms with van der Waals surface area (Å²) in [5.74, 6) is 0.774. The highest BCUT2D eigenvalue weighted by Crippen LogP contribution is 2.27. The average Bonchev–Trinajstić information content (AvgIpc) is 2.20. The van der Waals surface area contributed by atoms with Crippen molar-refractivity contribution in [2.45, 2.75) is 33.7 Å². The Hall–Kier alpha value is -0.730. The second kappa shape index (κ2) is 6.27. The number of halogens is 1. The summed E-state index contributed by atoms with van der Waals surface area (Å²) < 4.78 is 5.69. The van der Waals surface area contributed by atoms with E-state index in [1.165, 1.54) is 5.56 Å². The predicted octanol–water partition coefficient (Wildman–Crippen LogP) is 3.87. The monoisotopic (exact) mass is 255 g/mol. The van der Waals surface area contributed by atoms with Gasteiger partial charge in [-0.15, -0.1) is 0 Å². The first-order valence-corrected chi connectivity index (χ1v) is 6.36. The van der Waals surface area contributed by atoms with Crippen LogP contribution in [0.25, 0.3) is 0 Å². The summed E-state index contributed by atoms with van der Waals surface area (Å²) in [5, 5.41) is 3.78. The Morgan fingerprint density at radius 2 is 2.00 bits per heavy atom. The largest absolute Gasteiger partial charge is 0.492 e. The van der Waals surface area contributed by atoms with Gasteiger partial charge in [-0.25, -0.2) is 0 Å². The van der Waals surface area contributed by atoms with Gasteiger partial charge in [0.2, 0.25) is 0 Å². The molecule has 0 amide bonds. The second-order valence-electron chi connectivity index (χ2n) is 5.45. The fourth-order valence-electron chi connectivity index (χ4n) is 1.44. The standard InChI is InChI=1S/C14H22ClNO/c1-14(2,3)7-8-17-13-6-5-11(10-16-4)9-12(13)15/h5-6,9,16H,7-8,10H2,1-4H3. The molecule has 0 bridgehead atoms. The molecule has 0 saturated carbocycles. The minimum atomic E-state index is 0.290. The van der Waals surface area contributed by atoms with Gasteiger partial charge in [0.15, 0.2) is 0 Å². The van der Waals surface area contributed by atoms with E-state index in [0.717, 1.165) is 18.7 Å². The van der Waals surface area contributed by atoms with Gasteiger partial charge in [-0.2, -0.15) is 0 Å². The zero-order valence-corrected chi connectivity index (χ0v) is 11.9. The molecule has 3 heteroatoms. The van der Waals surface area contributed by atoms with E-state index in [2.05, 4.69) is 26.1 Å². The van der Waals surface area contributed by atoms with E-state index in [-0.39, 0.29) is 0 Å². The average molecular weight is 256 g/mol. The van der Waals surface area contributed by atoms with Crippen LogP contribution in [0, 0.1) is 5.41 Å². The van der Waals surface area contributed by atoms with Crippen LogP contribution in [-0.4, -0.2) is 13.7 Å². The normalized spacial score (nSPS) is 11.6. The molecule has 0 saturated heterocycles. The van der Waals surface area contributed by atoms with Crippen molar-refractivity contribution in [1.29, 1.82) is 0 Å². The Morgan fingerprint density at radius 1 is 1.29 bits per heavy atom. The van der Waals surface area contributed by atoms with E-state index in [1.54, 1.807) is 0 Å². The van der Waals surface area contributed by atoms with Crippen LogP contribution in [0.5, 0.6) is 5.75 Å². The SMILES string of the molecule is CNCc1ccc(OCCC(C)(C)C)c(Cl)c1. The van der Waals surface area contributed by atoms with Gasteiger partial charge in [0.1, 0.15) is 5.75 Å². The van der Waals surface area contributed by atoms with Gasteiger partial charge in [0.05, 0.1) is 11.6 Å². The highest BCUT2D eigenvalue weighted by atomic mass is 35.5. The van der Waals surface area contributed by atoms with Crippen LogP contribution in [0.1, 0.15) is 32.8 Å². The molecule has 0 fully saturated rings. The molecule has 1 aromatic rings. The molecule has 1 rings (SSSR count). The predicted molar refractivity (Wildman–Crippen MR) is 73.8 cm³/mol. The first-order chi connectivity index (χ1) is 7.92. The third-order valence-corrected chi connectivity index (χ3v) is 2.78.